The Bertz CT molecular complexity index is 695. The average Bonchev–Trinajstić information content (AvgIpc) is 2.59. The van der Waals surface area contributed by atoms with E-state index in [1.807, 2.05) is 24.3 Å². The lowest BCUT2D eigenvalue weighted by Gasteiger charge is -2.15. The summed E-state index contributed by atoms with van der Waals surface area (Å²) in [5.74, 6) is -0.231. The Morgan fingerprint density at radius 1 is 1.04 bits per heavy atom. The summed E-state index contributed by atoms with van der Waals surface area (Å²) in [5, 5.41) is 11.9. The minimum Gasteiger partial charge on any atom is -0.493 e. The Labute approximate surface area is 147 Å². The molecular weight excluding hydrogens is 318 g/mol. The van der Waals surface area contributed by atoms with Crippen molar-refractivity contribution in [1.29, 1.82) is 0 Å². The predicted octanol–water partition coefficient (Wildman–Crippen LogP) is 3.21. The fourth-order valence-electron chi connectivity index (χ4n) is 2.30. The van der Waals surface area contributed by atoms with Crippen molar-refractivity contribution < 1.29 is 19.4 Å². The third-order valence-electron chi connectivity index (χ3n) is 3.56. The number of carboxylic acids is 1. The second-order valence-corrected chi connectivity index (χ2v) is 6.28. The van der Waals surface area contributed by atoms with Crippen LogP contribution in [0.3, 0.4) is 0 Å². The Morgan fingerprint density at radius 2 is 1.68 bits per heavy atom. The van der Waals surface area contributed by atoms with Gasteiger partial charge >= 0.3 is 5.97 Å². The number of hydrogen-bond donors (Lipinski definition) is 2. The van der Waals surface area contributed by atoms with Crippen molar-refractivity contribution in [1.82, 2.24) is 5.32 Å². The zero-order valence-corrected chi connectivity index (χ0v) is 14.4. The smallest absolute Gasteiger partial charge is 0.330 e. The van der Waals surface area contributed by atoms with Crippen molar-refractivity contribution in [2.24, 2.45) is 5.92 Å². The summed E-state index contributed by atoms with van der Waals surface area (Å²) in [7, 11) is 0. The first-order valence-electron chi connectivity index (χ1n) is 8.24. The van der Waals surface area contributed by atoms with Gasteiger partial charge in [0.05, 0.1) is 13.0 Å². The van der Waals surface area contributed by atoms with Crippen molar-refractivity contribution >= 4 is 11.9 Å². The van der Waals surface area contributed by atoms with Crippen molar-refractivity contribution in [3.63, 3.8) is 0 Å². The topological polar surface area (TPSA) is 75.6 Å². The minimum absolute atomic E-state index is 0.112. The fraction of sp³-hybridized carbons (Fsp3) is 0.300. The van der Waals surface area contributed by atoms with Gasteiger partial charge in [-0.05, 0) is 29.2 Å². The monoisotopic (exact) mass is 341 g/mol. The molecule has 0 saturated carbocycles. The first-order valence-corrected chi connectivity index (χ1v) is 8.24. The van der Waals surface area contributed by atoms with E-state index in [1.54, 1.807) is 30.3 Å². The lowest BCUT2D eigenvalue weighted by molar-refractivity contribution is -0.141. The predicted molar refractivity (Wildman–Crippen MR) is 95.4 cm³/mol. The van der Waals surface area contributed by atoms with Gasteiger partial charge < -0.3 is 15.2 Å². The first kappa shape index (κ1) is 18.5. The Morgan fingerprint density at radius 3 is 2.24 bits per heavy atom. The largest absolute Gasteiger partial charge is 0.493 e. The van der Waals surface area contributed by atoms with Gasteiger partial charge in [-0.15, -0.1) is 0 Å². The van der Waals surface area contributed by atoms with E-state index in [4.69, 9.17) is 4.74 Å². The number of hydrogen-bond acceptors (Lipinski definition) is 3. The molecule has 2 rings (SSSR count). The summed E-state index contributed by atoms with van der Waals surface area (Å²) in [6.07, 6.45) is 0.112. The van der Waals surface area contributed by atoms with Gasteiger partial charge in [-0.3, -0.25) is 4.79 Å². The Kier molecular flexibility index (Phi) is 6.57. The third-order valence-corrected chi connectivity index (χ3v) is 3.56. The number of rotatable bonds is 8. The second kappa shape index (κ2) is 8.87. The lowest BCUT2D eigenvalue weighted by atomic mass is 10.1. The van der Waals surface area contributed by atoms with Crippen LogP contribution in [-0.4, -0.2) is 23.6 Å². The van der Waals surface area contributed by atoms with Crippen LogP contribution in [0, 0.1) is 5.92 Å². The van der Waals surface area contributed by atoms with Gasteiger partial charge in [-0.1, -0.05) is 56.3 Å². The highest BCUT2D eigenvalue weighted by atomic mass is 16.5. The maximum Gasteiger partial charge on any atom is 0.330 e. The van der Waals surface area contributed by atoms with Gasteiger partial charge in [0, 0.05) is 0 Å². The van der Waals surface area contributed by atoms with Crippen LogP contribution in [0.25, 0.3) is 0 Å². The number of ether oxygens (including phenoxy) is 1. The molecule has 1 amide bonds. The van der Waals surface area contributed by atoms with Gasteiger partial charge in [0.15, 0.2) is 6.04 Å². The molecule has 132 valence electrons. The van der Waals surface area contributed by atoms with Gasteiger partial charge in [0.2, 0.25) is 5.91 Å². The van der Waals surface area contributed by atoms with E-state index in [9.17, 15) is 14.7 Å². The van der Waals surface area contributed by atoms with E-state index in [0.29, 0.717) is 18.1 Å². The lowest BCUT2D eigenvalue weighted by Crippen LogP contribution is -2.34. The highest BCUT2D eigenvalue weighted by Crippen LogP contribution is 2.15. The zero-order chi connectivity index (χ0) is 18.2. The number of benzene rings is 2. The van der Waals surface area contributed by atoms with Gasteiger partial charge in [0.25, 0.3) is 0 Å². The third kappa shape index (κ3) is 5.95. The maximum absolute atomic E-state index is 12.2. The van der Waals surface area contributed by atoms with Crippen LogP contribution in [0.5, 0.6) is 5.75 Å². The van der Waals surface area contributed by atoms with Gasteiger partial charge in [0.1, 0.15) is 5.75 Å². The van der Waals surface area contributed by atoms with E-state index in [2.05, 4.69) is 19.2 Å². The van der Waals surface area contributed by atoms with E-state index >= 15 is 0 Å². The molecule has 0 bridgehead atoms. The van der Waals surface area contributed by atoms with Gasteiger partial charge in [-0.25, -0.2) is 4.79 Å². The molecule has 0 aromatic heterocycles. The molecule has 5 heteroatoms. The number of nitrogens with one attached hydrogen (secondary N) is 1. The van der Waals surface area contributed by atoms with Crippen LogP contribution >= 0.6 is 0 Å². The molecule has 0 aliphatic heterocycles. The fourth-order valence-corrected chi connectivity index (χ4v) is 2.30. The molecule has 0 unspecified atom stereocenters. The number of carbonyl (C=O) groups is 2. The molecule has 0 radical (unpaired) electrons. The van der Waals surface area contributed by atoms with E-state index < -0.39 is 12.0 Å². The molecule has 0 heterocycles. The summed E-state index contributed by atoms with van der Waals surface area (Å²) in [6.45, 7) is 4.78. The van der Waals surface area contributed by atoms with Crippen LogP contribution in [0.2, 0.25) is 0 Å². The molecule has 0 aliphatic rings. The van der Waals surface area contributed by atoms with Crippen molar-refractivity contribution in [2.45, 2.75) is 26.3 Å². The van der Waals surface area contributed by atoms with Crippen molar-refractivity contribution in [3.05, 3.63) is 65.7 Å². The van der Waals surface area contributed by atoms with Crippen LogP contribution in [0.1, 0.15) is 31.0 Å². The van der Waals surface area contributed by atoms with Crippen LogP contribution < -0.4 is 10.1 Å². The second-order valence-electron chi connectivity index (χ2n) is 6.28. The molecule has 2 N–H and O–H groups in total. The van der Waals surface area contributed by atoms with E-state index in [1.165, 1.54) is 0 Å². The van der Waals surface area contributed by atoms with Crippen molar-refractivity contribution in [3.8, 4) is 5.75 Å². The van der Waals surface area contributed by atoms with Crippen LogP contribution in [-0.2, 0) is 16.0 Å². The van der Waals surface area contributed by atoms with Gasteiger partial charge in [-0.2, -0.15) is 0 Å². The minimum atomic E-state index is -1.09. The maximum atomic E-state index is 12.2. The Balaban J connectivity index is 1.95. The molecule has 0 fully saturated rings. The molecule has 2 aromatic rings. The van der Waals surface area contributed by atoms with E-state index in [0.717, 1.165) is 11.3 Å². The SMILES string of the molecule is CC(C)COc1ccc(CC(=O)N[C@H](C(=O)O)c2ccccc2)cc1. The summed E-state index contributed by atoms with van der Waals surface area (Å²) in [4.78, 5) is 23.6. The Hall–Kier alpha value is -2.82. The molecule has 0 aliphatic carbocycles. The summed E-state index contributed by atoms with van der Waals surface area (Å²) in [5.41, 5.74) is 1.34. The number of carbonyl (C=O) groups excluding carboxylic acids is 1. The quantitative estimate of drug-likeness (QED) is 0.773. The molecule has 25 heavy (non-hydrogen) atoms. The number of aliphatic carboxylic acids is 1. The summed E-state index contributed by atoms with van der Waals surface area (Å²) < 4.78 is 5.60. The molecule has 2 aromatic carbocycles. The summed E-state index contributed by atoms with van der Waals surface area (Å²) in [6, 6.07) is 14.9. The highest BCUT2D eigenvalue weighted by molar-refractivity contribution is 5.85. The normalized spacial score (nSPS) is 11.8. The standard InChI is InChI=1S/C20H23NO4/c1-14(2)13-25-17-10-8-15(9-11-17)12-18(22)21-19(20(23)24)16-6-4-3-5-7-16/h3-11,14,19H,12-13H2,1-2H3,(H,21,22)(H,23,24)/t19-/m0/s1. The summed E-state index contributed by atoms with van der Waals surface area (Å²) >= 11 is 0. The molecule has 0 saturated heterocycles. The van der Waals surface area contributed by atoms with Crippen molar-refractivity contribution in [2.75, 3.05) is 6.61 Å². The molecule has 5 nitrogen and oxygen atoms in total. The van der Waals surface area contributed by atoms with E-state index in [-0.39, 0.29) is 12.3 Å². The number of amides is 1. The first-order chi connectivity index (χ1) is 12.0. The molecule has 0 spiro atoms. The highest BCUT2D eigenvalue weighted by Gasteiger charge is 2.21. The average molecular weight is 341 g/mol. The molecular formula is C20H23NO4. The molecule has 1 atom stereocenters. The van der Waals surface area contributed by atoms with Crippen LogP contribution in [0.15, 0.2) is 54.6 Å². The van der Waals surface area contributed by atoms with Crippen LogP contribution in [0.4, 0.5) is 0 Å². The number of carboxylic acid groups (broad SMARTS) is 1. The zero-order valence-electron chi connectivity index (χ0n) is 14.4.